The van der Waals surface area contributed by atoms with Gasteiger partial charge in [0.15, 0.2) is 0 Å². The maximum Gasteiger partial charge on any atom is 0.0543 e. The van der Waals surface area contributed by atoms with Crippen LogP contribution >= 0.6 is 0 Å². The Balaban J connectivity index is 2.08. The van der Waals surface area contributed by atoms with Crippen molar-refractivity contribution in [1.82, 2.24) is 0 Å². The van der Waals surface area contributed by atoms with Crippen molar-refractivity contribution < 1.29 is 9.84 Å². The van der Waals surface area contributed by atoms with Crippen molar-refractivity contribution in [2.45, 2.75) is 25.7 Å². The van der Waals surface area contributed by atoms with Gasteiger partial charge < -0.3 is 9.84 Å². The van der Waals surface area contributed by atoms with Crippen LogP contribution in [-0.4, -0.2) is 25.4 Å². The molecule has 2 bridgehead atoms. The summed E-state index contributed by atoms with van der Waals surface area (Å²) in [6, 6.07) is 0. The van der Waals surface area contributed by atoms with Crippen LogP contribution in [0.5, 0.6) is 0 Å². The second-order valence-corrected chi connectivity index (χ2v) is 4.53. The van der Waals surface area contributed by atoms with Gasteiger partial charge in [-0.3, -0.25) is 0 Å². The van der Waals surface area contributed by atoms with E-state index in [0.717, 1.165) is 18.4 Å². The summed E-state index contributed by atoms with van der Waals surface area (Å²) >= 11 is 0. The molecule has 3 unspecified atom stereocenters. The van der Waals surface area contributed by atoms with E-state index in [0.29, 0.717) is 6.61 Å². The average Bonchev–Trinajstić information content (AvgIpc) is 2.64. The van der Waals surface area contributed by atoms with Crippen LogP contribution in [0, 0.1) is 17.3 Å². The molecule has 0 spiro atoms. The third-order valence-electron chi connectivity index (χ3n) is 3.85. The standard InChI is InChI=1S/C10H18O2/c1-12-7-10(6-11)5-8-2-3-9(10)4-8/h8-9,11H,2-7H2,1H3. The van der Waals surface area contributed by atoms with Gasteiger partial charge in [0.1, 0.15) is 0 Å². The molecule has 2 aliphatic rings. The Morgan fingerprint density at radius 1 is 1.50 bits per heavy atom. The number of aliphatic hydroxyl groups excluding tert-OH is 1. The lowest BCUT2D eigenvalue weighted by Gasteiger charge is -2.35. The Morgan fingerprint density at radius 2 is 2.33 bits per heavy atom. The SMILES string of the molecule is COCC1(CO)CC2CCC1C2. The van der Waals surface area contributed by atoms with Gasteiger partial charge in [-0.05, 0) is 31.1 Å². The third-order valence-corrected chi connectivity index (χ3v) is 3.85. The molecule has 0 radical (unpaired) electrons. The number of aliphatic hydroxyl groups is 1. The van der Waals surface area contributed by atoms with Gasteiger partial charge in [0.2, 0.25) is 0 Å². The summed E-state index contributed by atoms with van der Waals surface area (Å²) in [7, 11) is 1.74. The molecule has 2 rings (SSSR count). The zero-order valence-corrected chi connectivity index (χ0v) is 7.75. The monoisotopic (exact) mass is 170 g/mol. The van der Waals surface area contributed by atoms with E-state index in [2.05, 4.69) is 0 Å². The number of hydrogen-bond acceptors (Lipinski definition) is 2. The first-order chi connectivity index (χ1) is 5.80. The van der Waals surface area contributed by atoms with Gasteiger partial charge >= 0.3 is 0 Å². The molecule has 2 saturated carbocycles. The molecular formula is C10H18O2. The van der Waals surface area contributed by atoms with Crippen molar-refractivity contribution >= 4 is 0 Å². The van der Waals surface area contributed by atoms with Crippen LogP contribution in [0.25, 0.3) is 0 Å². The molecule has 2 aliphatic carbocycles. The smallest absolute Gasteiger partial charge is 0.0543 e. The van der Waals surface area contributed by atoms with E-state index in [1.54, 1.807) is 7.11 Å². The summed E-state index contributed by atoms with van der Waals surface area (Å²) in [5, 5.41) is 9.39. The fourth-order valence-corrected chi connectivity index (χ4v) is 3.26. The van der Waals surface area contributed by atoms with Gasteiger partial charge in [0.25, 0.3) is 0 Å². The number of rotatable bonds is 3. The first-order valence-corrected chi connectivity index (χ1v) is 4.90. The molecule has 0 aromatic heterocycles. The lowest BCUT2D eigenvalue weighted by atomic mass is 9.74. The first kappa shape index (κ1) is 8.52. The quantitative estimate of drug-likeness (QED) is 0.694. The van der Waals surface area contributed by atoms with Crippen LogP contribution in [0.4, 0.5) is 0 Å². The fourth-order valence-electron chi connectivity index (χ4n) is 3.26. The Morgan fingerprint density at radius 3 is 2.75 bits per heavy atom. The summed E-state index contributed by atoms with van der Waals surface area (Å²) in [6.45, 7) is 1.08. The van der Waals surface area contributed by atoms with Gasteiger partial charge in [-0.2, -0.15) is 0 Å². The molecule has 0 saturated heterocycles. The normalized spacial score (nSPS) is 45.5. The third kappa shape index (κ3) is 1.09. The molecule has 0 aliphatic heterocycles. The summed E-state index contributed by atoms with van der Waals surface area (Å²) in [6.07, 6.45) is 5.23. The number of methoxy groups -OCH3 is 1. The van der Waals surface area contributed by atoms with Crippen molar-refractivity contribution in [3.05, 3.63) is 0 Å². The predicted molar refractivity (Wildman–Crippen MR) is 46.8 cm³/mol. The van der Waals surface area contributed by atoms with E-state index in [-0.39, 0.29) is 5.41 Å². The molecule has 2 heteroatoms. The molecule has 70 valence electrons. The molecule has 3 atom stereocenters. The molecule has 12 heavy (non-hydrogen) atoms. The fraction of sp³-hybridized carbons (Fsp3) is 1.00. The van der Waals surface area contributed by atoms with Gasteiger partial charge in [-0.15, -0.1) is 0 Å². The highest BCUT2D eigenvalue weighted by Gasteiger charge is 2.50. The Kier molecular flexibility index (Phi) is 2.13. The topological polar surface area (TPSA) is 29.5 Å². The summed E-state index contributed by atoms with van der Waals surface area (Å²) < 4.78 is 5.21. The maximum atomic E-state index is 9.39. The molecule has 0 heterocycles. The van der Waals surface area contributed by atoms with E-state index in [4.69, 9.17) is 4.74 Å². The van der Waals surface area contributed by atoms with Gasteiger partial charge in [0, 0.05) is 12.5 Å². The van der Waals surface area contributed by atoms with Crippen molar-refractivity contribution in [2.24, 2.45) is 17.3 Å². The summed E-state index contributed by atoms with van der Waals surface area (Å²) in [5.41, 5.74) is 0.137. The Hall–Kier alpha value is -0.0800. The molecule has 0 aromatic carbocycles. The lowest BCUT2D eigenvalue weighted by Crippen LogP contribution is -2.36. The van der Waals surface area contributed by atoms with E-state index in [1.807, 2.05) is 0 Å². The highest BCUT2D eigenvalue weighted by Crippen LogP contribution is 2.55. The predicted octanol–water partition coefficient (Wildman–Crippen LogP) is 1.43. The zero-order valence-electron chi connectivity index (χ0n) is 7.75. The van der Waals surface area contributed by atoms with Crippen LogP contribution in [0.2, 0.25) is 0 Å². The molecule has 0 aromatic rings. The van der Waals surface area contributed by atoms with Gasteiger partial charge in [-0.1, -0.05) is 6.42 Å². The van der Waals surface area contributed by atoms with Crippen molar-refractivity contribution in [3.8, 4) is 0 Å². The maximum absolute atomic E-state index is 9.39. The van der Waals surface area contributed by atoms with Crippen molar-refractivity contribution in [1.29, 1.82) is 0 Å². The molecular weight excluding hydrogens is 152 g/mol. The first-order valence-electron chi connectivity index (χ1n) is 4.90. The van der Waals surface area contributed by atoms with Crippen LogP contribution in [0.1, 0.15) is 25.7 Å². The molecule has 2 fully saturated rings. The Labute approximate surface area is 73.9 Å². The highest BCUT2D eigenvalue weighted by atomic mass is 16.5. The number of fused-ring (bicyclic) bond motifs is 2. The van der Waals surface area contributed by atoms with E-state index in [1.165, 1.54) is 25.7 Å². The van der Waals surface area contributed by atoms with Crippen LogP contribution < -0.4 is 0 Å². The minimum Gasteiger partial charge on any atom is -0.396 e. The minimum atomic E-state index is 0.137. The number of ether oxygens (including phenoxy) is 1. The van der Waals surface area contributed by atoms with E-state index >= 15 is 0 Å². The summed E-state index contributed by atoms with van der Waals surface area (Å²) in [5.74, 6) is 1.63. The molecule has 1 N–H and O–H groups in total. The largest absolute Gasteiger partial charge is 0.396 e. The van der Waals surface area contributed by atoms with Crippen molar-refractivity contribution in [3.63, 3.8) is 0 Å². The average molecular weight is 170 g/mol. The van der Waals surface area contributed by atoms with Gasteiger partial charge in [0.05, 0.1) is 13.2 Å². The van der Waals surface area contributed by atoms with Gasteiger partial charge in [-0.25, -0.2) is 0 Å². The molecule has 2 nitrogen and oxygen atoms in total. The van der Waals surface area contributed by atoms with Crippen molar-refractivity contribution in [2.75, 3.05) is 20.3 Å². The van der Waals surface area contributed by atoms with Crippen LogP contribution in [0.15, 0.2) is 0 Å². The van der Waals surface area contributed by atoms with E-state index in [9.17, 15) is 5.11 Å². The second kappa shape index (κ2) is 3.00. The minimum absolute atomic E-state index is 0.137. The summed E-state index contributed by atoms with van der Waals surface area (Å²) in [4.78, 5) is 0. The second-order valence-electron chi connectivity index (χ2n) is 4.53. The molecule has 0 amide bonds. The highest BCUT2D eigenvalue weighted by molar-refractivity contribution is 4.99. The van der Waals surface area contributed by atoms with Crippen LogP contribution in [0.3, 0.4) is 0 Å². The Bertz CT molecular complexity index is 169. The van der Waals surface area contributed by atoms with E-state index < -0.39 is 0 Å². The van der Waals surface area contributed by atoms with Crippen LogP contribution in [-0.2, 0) is 4.74 Å². The lowest BCUT2D eigenvalue weighted by molar-refractivity contribution is -0.0104. The number of hydrogen-bond donors (Lipinski definition) is 1. The zero-order chi connectivity index (χ0) is 8.60.